The van der Waals surface area contributed by atoms with E-state index in [0.29, 0.717) is 5.56 Å². The first-order valence-electron chi connectivity index (χ1n) is 19.7. The van der Waals surface area contributed by atoms with Crippen molar-refractivity contribution in [2.45, 2.75) is 88.1 Å². The van der Waals surface area contributed by atoms with Crippen LogP contribution in [-0.2, 0) is 63.6 Å². The van der Waals surface area contributed by atoms with Crippen LogP contribution in [0, 0.1) is 0 Å². The molecule has 3 fully saturated rings. The molecule has 0 saturated carbocycles. The molecule has 1 N–H and O–H groups in total. The minimum Gasteiger partial charge on any atom is -0.455 e. The van der Waals surface area contributed by atoms with E-state index < -0.39 is 91.4 Å². The molecule has 0 radical (unpaired) electrons. The van der Waals surface area contributed by atoms with Gasteiger partial charge >= 0.3 is 11.9 Å². The molecule has 2 amide bonds. The number of hydrogen-bond acceptors (Lipinski definition) is 16. The number of amides is 2. The fraction of sp³-hybridized carbons (Fsp3) is 0.476. The van der Waals surface area contributed by atoms with Gasteiger partial charge in [0.15, 0.2) is 31.1 Å². The average molecular weight is 847 g/mol. The fourth-order valence-electron chi connectivity index (χ4n) is 7.67. The second kappa shape index (κ2) is 20.5. The summed E-state index contributed by atoms with van der Waals surface area (Å²) in [7, 11) is 0. The Kier molecular flexibility index (Phi) is 14.7. The monoisotopic (exact) mass is 846 g/mol. The number of aliphatic hydroxyl groups is 1. The normalized spacial score (nSPS) is 29.6. The molecular formula is C42H46N4O15. The molecule has 11 atom stereocenters. The van der Waals surface area contributed by atoms with E-state index in [9.17, 15) is 24.3 Å². The number of aliphatic hydroxyl groups excluding tert-OH is 1. The minimum atomic E-state index is -1.76. The summed E-state index contributed by atoms with van der Waals surface area (Å²) in [6, 6.07) is 23.0. The number of carbonyl (C=O) groups excluding carboxylic acids is 4. The lowest BCUT2D eigenvalue weighted by molar-refractivity contribution is -0.383. The van der Waals surface area contributed by atoms with Crippen molar-refractivity contribution < 1.29 is 71.7 Å². The maximum absolute atomic E-state index is 14.0. The fourth-order valence-corrected chi connectivity index (χ4v) is 7.67. The largest absolute Gasteiger partial charge is 0.455 e. The molecule has 4 aliphatic heterocycles. The molecular weight excluding hydrogens is 800 g/mol. The number of ether oxygens (including phenoxy) is 10. The Morgan fingerprint density at radius 2 is 1.46 bits per heavy atom. The third-order valence-corrected chi connectivity index (χ3v) is 10.3. The van der Waals surface area contributed by atoms with Gasteiger partial charge in [-0.05, 0) is 23.2 Å². The van der Waals surface area contributed by atoms with Crippen LogP contribution in [0.1, 0.15) is 52.0 Å². The van der Waals surface area contributed by atoms with Gasteiger partial charge in [-0.2, -0.15) is 0 Å². The first-order valence-corrected chi connectivity index (χ1v) is 19.7. The number of esters is 2. The van der Waals surface area contributed by atoms with Crippen molar-refractivity contribution in [2.24, 2.45) is 5.11 Å². The van der Waals surface area contributed by atoms with E-state index in [1.807, 2.05) is 48.5 Å². The van der Waals surface area contributed by atoms with Crippen molar-refractivity contribution in [2.75, 3.05) is 39.6 Å². The van der Waals surface area contributed by atoms with Crippen LogP contribution in [-0.4, -0.2) is 135 Å². The first kappa shape index (κ1) is 43.8. The Hall–Kier alpha value is -5.31. The molecule has 3 aromatic rings. The van der Waals surface area contributed by atoms with Crippen molar-refractivity contribution in [1.82, 2.24) is 4.90 Å². The number of hydrogen-bond donors (Lipinski definition) is 1. The predicted molar refractivity (Wildman–Crippen MR) is 207 cm³/mol. The van der Waals surface area contributed by atoms with Gasteiger partial charge in [0.05, 0.1) is 50.8 Å². The molecule has 0 aliphatic carbocycles. The maximum atomic E-state index is 14.0. The number of fused-ring (bicyclic) bond motifs is 2. The van der Waals surface area contributed by atoms with Gasteiger partial charge in [0.2, 0.25) is 0 Å². The summed E-state index contributed by atoms with van der Waals surface area (Å²) in [6.07, 6.45) is -13.1. The highest BCUT2D eigenvalue weighted by Gasteiger charge is 2.58. The number of azide groups is 1. The van der Waals surface area contributed by atoms with E-state index >= 15 is 0 Å². The zero-order valence-electron chi connectivity index (χ0n) is 33.3. The van der Waals surface area contributed by atoms with Crippen LogP contribution >= 0.6 is 0 Å². The topological polar surface area (TPSA) is 233 Å². The first-order chi connectivity index (χ1) is 29.6. The Bertz CT molecular complexity index is 2000. The van der Waals surface area contributed by atoms with Crippen molar-refractivity contribution >= 4 is 23.8 Å². The second-order valence-electron chi connectivity index (χ2n) is 14.5. The zero-order valence-corrected chi connectivity index (χ0v) is 33.3. The Balaban J connectivity index is 1.21. The zero-order chi connectivity index (χ0) is 42.9. The second-order valence-corrected chi connectivity index (χ2v) is 14.5. The van der Waals surface area contributed by atoms with Gasteiger partial charge in [-0.15, -0.1) is 0 Å². The van der Waals surface area contributed by atoms with Crippen LogP contribution in [0.15, 0.2) is 90.0 Å². The van der Waals surface area contributed by atoms with Crippen LogP contribution in [0.2, 0.25) is 0 Å². The molecule has 0 aromatic heterocycles. The lowest BCUT2D eigenvalue weighted by atomic mass is 9.94. The highest BCUT2D eigenvalue weighted by atomic mass is 16.8. The van der Waals surface area contributed by atoms with Crippen molar-refractivity contribution in [3.63, 3.8) is 0 Å². The molecule has 0 spiro atoms. The summed E-state index contributed by atoms with van der Waals surface area (Å²) in [6.45, 7) is 2.23. The van der Waals surface area contributed by atoms with Gasteiger partial charge in [0.25, 0.3) is 11.8 Å². The molecule has 3 saturated heterocycles. The van der Waals surface area contributed by atoms with Crippen LogP contribution in [0.25, 0.3) is 10.4 Å². The Morgan fingerprint density at radius 1 is 0.803 bits per heavy atom. The summed E-state index contributed by atoms with van der Waals surface area (Å²) in [5, 5.41) is 15.9. The summed E-state index contributed by atoms with van der Waals surface area (Å²) in [5.41, 5.74) is 10.3. The van der Waals surface area contributed by atoms with Crippen molar-refractivity contribution in [1.29, 1.82) is 0 Å². The molecule has 0 bridgehead atoms. The lowest BCUT2D eigenvalue weighted by Crippen LogP contribution is -2.69. The van der Waals surface area contributed by atoms with Crippen LogP contribution in [0.5, 0.6) is 0 Å². The van der Waals surface area contributed by atoms with Crippen LogP contribution < -0.4 is 0 Å². The Labute approximate surface area is 350 Å². The van der Waals surface area contributed by atoms with E-state index in [1.54, 1.807) is 24.3 Å². The number of rotatable bonds is 17. The van der Waals surface area contributed by atoms with Crippen molar-refractivity contribution in [3.05, 3.63) is 118 Å². The van der Waals surface area contributed by atoms with Gasteiger partial charge in [-0.3, -0.25) is 24.1 Å². The molecule has 19 nitrogen and oxygen atoms in total. The molecule has 3 aromatic carbocycles. The lowest BCUT2D eigenvalue weighted by Gasteiger charge is -2.51. The Morgan fingerprint density at radius 3 is 2.13 bits per heavy atom. The van der Waals surface area contributed by atoms with Gasteiger partial charge in [-0.25, -0.2) is 0 Å². The van der Waals surface area contributed by atoms with E-state index in [0.717, 1.165) is 17.4 Å². The molecule has 7 rings (SSSR count). The summed E-state index contributed by atoms with van der Waals surface area (Å²) >= 11 is 0. The molecule has 1 unspecified atom stereocenters. The maximum Gasteiger partial charge on any atom is 0.303 e. The SMILES string of the molecule is CC(=O)O[C@H]1[C@H]2OC(c3ccccc3)OC[C@H]2O[C@@H](O[C@H]2[C@H](O)[C@@H](N3C(=O)c4ccccc4C3=O)[C@H](OCCOCCN=[N+]=[N-])O[C@@H]2COCc2ccccc2)[C@@H]1OC(C)=O. The van der Waals surface area contributed by atoms with Gasteiger partial charge in [-0.1, -0.05) is 77.9 Å². The summed E-state index contributed by atoms with van der Waals surface area (Å²) in [5.74, 6) is -2.90. The standard InChI is InChI=1S/C42H46N4O15/c1-24(47)56-36-35-31(23-55-40(61-35)27-13-7-4-8-14-27)59-42(37(36)57-25(2)48)60-34-30(22-53-21-26-11-5-3-6-12-26)58-41(54-20-19-52-18-17-44-45-43)32(33(34)49)46-38(50)28-15-9-10-16-29(28)39(46)51/h3-16,30-37,40-42,49H,17-23H2,1-2H3/t30-,31-,32-,33-,34-,35+,36+,37-,40?,41-,42+/m1/s1. The highest BCUT2D eigenvalue weighted by Crippen LogP contribution is 2.40. The molecule has 324 valence electrons. The number of imide groups is 1. The number of carbonyl (C=O) groups is 4. The molecule has 4 aliphatic rings. The summed E-state index contributed by atoms with van der Waals surface area (Å²) in [4.78, 5) is 56.9. The molecule has 19 heteroatoms. The van der Waals surface area contributed by atoms with E-state index in [4.69, 9.17) is 52.9 Å². The third kappa shape index (κ3) is 10.3. The van der Waals surface area contributed by atoms with Gasteiger partial charge < -0.3 is 52.5 Å². The van der Waals surface area contributed by atoms with Crippen LogP contribution in [0.4, 0.5) is 0 Å². The van der Waals surface area contributed by atoms with Gasteiger partial charge in [0.1, 0.15) is 36.6 Å². The smallest absolute Gasteiger partial charge is 0.303 e. The van der Waals surface area contributed by atoms with Crippen LogP contribution in [0.3, 0.4) is 0 Å². The predicted octanol–water partition coefficient (Wildman–Crippen LogP) is 3.39. The minimum absolute atomic E-state index is 0.00378. The van der Waals surface area contributed by atoms with Gasteiger partial charge in [0, 0.05) is 30.9 Å². The third-order valence-electron chi connectivity index (χ3n) is 10.3. The number of benzene rings is 3. The van der Waals surface area contributed by atoms with E-state index in [-0.39, 0.29) is 57.3 Å². The highest BCUT2D eigenvalue weighted by molar-refractivity contribution is 6.21. The quantitative estimate of drug-likeness (QED) is 0.0512. The average Bonchev–Trinajstić information content (AvgIpc) is 3.51. The number of nitrogens with zero attached hydrogens (tertiary/aromatic N) is 4. The molecule has 61 heavy (non-hydrogen) atoms. The summed E-state index contributed by atoms with van der Waals surface area (Å²) < 4.78 is 61.1. The molecule has 4 heterocycles. The van der Waals surface area contributed by atoms with E-state index in [2.05, 4.69) is 10.0 Å². The van der Waals surface area contributed by atoms with E-state index in [1.165, 1.54) is 19.1 Å². The van der Waals surface area contributed by atoms with Crippen molar-refractivity contribution in [3.8, 4) is 0 Å².